The Labute approximate surface area is 184 Å². The fourth-order valence-corrected chi connectivity index (χ4v) is 5.74. The van der Waals surface area contributed by atoms with Gasteiger partial charge in [-0.1, -0.05) is 12.1 Å². The van der Waals surface area contributed by atoms with Gasteiger partial charge in [-0.05, 0) is 42.5 Å². The number of hydrogen-bond donors (Lipinski definition) is 2. The Morgan fingerprint density at radius 1 is 1.31 bits per heavy atom. The number of benzene rings is 1. The summed E-state index contributed by atoms with van der Waals surface area (Å²) in [5.41, 5.74) is 7.80. The predicted octanol–water partition coefficient (Wildman–Crippen LogP) is -0.504. The van der Waals surface area contributed by atoms with Gasteiger partial charge in [-0.15, -0.1) is 10.2 Å². The average Bonchev–Trinajstić information content (AvgIpc) is 3.25. The number of hydrogen-bond acceptors (Lipinski definition) is 8. The van der Waals surface area contributed by atoms with Gasteiger partial charge in [0.2, 0.25) is 17.6 Å². The van der Waals surface area contributed by atoms with E-state index in [9.17, 15) is 14.9 Å². The van der Waals surface area contributed by atoms with Crippen LogP contribution in [-0.4, -0.2) is 85.5 Å². The summed E-state index contributed by atoms with van der Waals surface area (Å²) in [5.74, 6) is 0.718. The summed E-state index contributed by atoms with van der Waals surface area (Å²) < 4.78 is 0. The van der Waals surface area contributed by atoms with Crippen molar-refractivity contribution in [1.82, 2.24) is 30.4 Å². The third-order valence-corrected chi connectivity index (χ3v) is 7.28. The van der Waals surface area contributed by atoms with Crippen LogP contribution in [0.25, 0.3) is 11.4 Å². The lowest BCUT2D eigenvalue weighted by molar-refractivity contribution is -0.135. The molecule has 11 heteroatoms. The number of aromatic amines is 1. The summed E-state index contributed by atoms with van der Waals surface area (Å²) in [5, 5.41) is 23.6. The molecule has 4 fully saturated rings. The number of fused-ring (bicyclic) bond motifs is 3. The Kier molecular flexibility index (Phi) is 4.28. The van der Waals surface area contributed by atoms with Gasteiger partial charge < -0.3 is 15.5 Å². The van der Waals surface area contributed by atoms with Gasteiger partial charge in [-0.3, -0.25) is 14.5 Å². The first-order valence-electron chi connectivity index (χ1n) is 10.9. The molecule has 1 aliphatic carbocycles. The molecule has 1 aromatic carbocycles. The van der Waals surface area contributed by atoms with Crippen LogP contribution in [0.15, 0.2) is 24.3 Å². The van der Waals surface area contributed by atoms with Gasteiger partial charge in [-0.25, -0.2) is 0 Å². The molecular weight excluding hydrogens is 410 g/mol. The number of piperazine rings is 1. The molecule has 6 atom stereocenters. The van der Waals surface area contributed by atoms with E-state index in [-0.39, 0.29) is 36.0 Å². The first-order valence-corrected chi connectivity index (χ1v) is 10.9. The number of tetrazole rings is 1. The zero-order valence-electron chi connectivity index (χ0n) is 17.3. The molecule has 3 aliphatic heterocycles. The number of piperidine rings is 1. The Balaban J connectivity index is 1.17. The highest BCUT2D eigenvalue weighted by molar-refractivity contribution is 6.04. The standard InChI is InChI=1S/C21H23N9O2/c22-8-12-5-11-6-17(11)29(12)20(31)15(23)10-28-9-13-7-18(28)21(32)30(13)16-4-2-1-3-14(16)19-24-26-27-25-19/h1-4,11-13,15,17-18H,5-7,9-10,23H2,(H,24,25,26,27)/t11-,12+,13?,15+,17+,18-/m1/s1. The number of anilines is 1. The van der Waals surface area contributed by atoms with Gasteiger partial charge in [0.1, 0.15) is 6.04 Å². The van der Waals surface area contributed by atoms with Crippen LogP contribution in [0.2, 0.25) is 0 Å². The topological polar surface area (TPSA) is 148 Å². The minimum atomic E-state index is -0.739. The quantitative estimate of drug-likeness (QED) is 0.641. The molecule has 2 bridgehead atoms. The normalized spacial score (nSPS) is 31.6. The van der Waals surface area contributed by atoms with Crippen molar-refractivity contribution in [2.24, 2.45) is 11.7 Å². The zero-order valence-corrected chi connectivity index (χ0v) is 17.3. The molecule has 32 heavy (non-hydrogen) atoms. The second kappa shape index (κ2) is 7.08. The monoisotopic (exact) mass is 433 g/mol. The van der Waals surface area contributed by atoms with Crippen LogP contribution < -0.4 is 10.6 Å². The van der Waals surface area contributed by atoms with Gasteiger partial charge in [-0.2, -0.15) is 10.5 Å². The molecule has 1 aromatic heterocycles. The van der Waals surface area contributed by atoms with Crippen LogP contribution in [0.5, 0.6) is 0 Å². The summed E-state index contributed by atoms with van der Waals surface area (Å²) in [4.78, 5) is 31.8. The fourth-order valence-electron chi connectivity index (χ4n) is 5.74. The Hall–Kier alpha value is -3.36. The van der Waals surface area contributed by atoms with Crippen LogP contribution in [0.3, 0.4) is 0 Å². The molecule has 6 rings (SSSR count). The number of nitrogens with one attached hydrogen (secondary N) is 1. The third kappa shape index (κ3) is 2.83. The summed E-state index contributed by atoms with van der Waals surface area (Å²) in [6.07, 6.45) is 2.41. The number of rotatable bonds is 5. The second-order valence-corrected chi connectivity index (χ2v) is 9.12. The number of H-pyrrole nitrogens is 1. The van der Waals surface area contributed by atoms with E-state index < -0.39 is 6.04 Å². The lowest BCUT2D eigenvalue weighted by Gasteiger charge is -2.36. The van der Waals surface area contributed by atoms with E-state index in [2.05, 4.69) is 26.7 Å². The number of aromatic nitrogens is 4. The van der Waals surface area contributed by atoms with Crippen LogP contribution in [0.4, 0.5) is 5.69 Å². The molecule has 3 saturated heterocycles. The molecule has 0 radical (unpaired) electrons. The average molecular weight is 433 g/mol. The minimum absolute atomic E-state index is 0.00447. The van der Waals surface area contributed by atoms with E-state index in [1.807, 2.05) is 34.1 Å². The van der Waals surface area contributed by atoms with Crippen molar-refractivity contribution in [1.29, 1.82) is 5.26 Å². The summed E-state index contributed by atoms with van der Waals surface area (Å²) in [6, 6.07) is 8.52. The van der Waals surface area contributed by atoms with E-state index >= 15 is 0 Å². The maximum absolute atomic E-state index is 13.3. The number of nitrogens with zero attached hydrogens (tertiary/aromatic N) is 7. The maximum Gasteiger partial charge on any atom is 0.244 e. The van der Waals surface area contributed by atoms with E-state index in [1.165, 1.54) is 0 Å². The molecule has 0 spiro atoms. The third-order valence-electron chi connectivity index (χ3n) is 7.28. The van der Waals surface area contributed by atoms with Crippen molar-refractivity contribution in [3.8, 4) is 17.5 Å². The lowest BCUT2D eigenvalue weighted by Crippen LogP contribution is -2.57. The Morgan fingerprint density at radius 2 is 2.16 bits per heavy atom. The number of carbonyl (C=O) groups is 2. The molecule has 1 unspecified atom stereocenters. The van der Waals surface area contributed by atoms with Gasteiger partial charge >= 0.3 is 0 Å². The minimum Gasteiger partial charge on any atom is -0.322 e. The van der Waals surface area contributed by atoms with Crippen molar-refractivity contribution < 1.29 is 9.59 Å². The van der Waals surface area contributed by atoms with Crippen molar-refractivity contribution in [2.45, 2.75) is 49.5 Å². The molecule has 2 aromatic rings. The zero-order chi connectivity index (χ0) is 22.0. The van der Waals surface area contributed by atoms with Crippen molar-refractivity contribution >= 4 is 17.5 Å². The summed E-state index contributed by atoms with van der Waals surface area (Å²) in [7, 11) is 0. The summed E-state index contributed by atoms with van der Waals surface area (Å²) in [6.45, 7) is 0.962. The van der Waals surface area contributed by atoms with Crippen molar-refractivity contribution in [3.63, 3.8) is 0 Å². The molecule has 1 saturated carbocycles. The predicted molar refractivity (Wildman–Crippen MR) is 112 cm³/mol. The number of nitrogens with two attached hydrogens (primary N) is 1. The van der Waals surface area contributed by atoms with E-state index in [1.54, 1.807) is 4.90 Å². The smallest absolute Gasteiger partial charge is 0.244 e. The first kappa shape index (κ1) is 19.3. The number of amides is 2. The van der Waals surface area contributed by atoms with Crippen molar-refractivity contribution in [3.05, 3.63) is 24.3 Å². The lowest BCUT2D eigenvalue weighted by atomic mass is 10.1. The number of nitriles is 1. The Bertz CT molecular complexity index is 1110. The molecule has 4 heterocycles. The van der Waals surface area contributed by atoms with Crippen LogP contribution in [0, 0.1) is 17.2 Å². The summed E-state index contributed by atoms with van der Waals surface area (Å²) >= 11 is 0. The number of para-hydroxylation sites is 1. The molecule has 11 nitrogen and oxygen atoms in total. The second-order valence-electron chi connectivity index (χ2n) is 9.12. The largest absolute Gasteiger partial charge is 0.322 e. The van der Waals surface area contributed by atoms with Gasteiger partial charge in [0.25, 0.3) is 0 Å². The molecule has 2 amide bonds. The highest BCUT2D eigenvalue weighted by atomic mass is 16.2. The van der Waals surface area contributed by atoms with E-state index in [4.69, 9.17) is 5.73 Å². The molecular formula is C21H23N9O2. The van der Waals surface area contributed by atoms with E-state index in [0.717, 1.165) is 24.1 Å². The first-order chi connectivity index (χ1) is 15.6. The molecule has 3 N–H and O–H groups in total. The molecule has 4 aliphatic rings. The molecule has 164 valence electrons. The fraction of sp³-hybridized carbons (Fsp3) is 0.524. The highest BCUT2D eigenvalue weighted by Crippen LogP contribution is 2.48. The van der Waals surface area contributed by atoms with E-state index in [0.29, 0.717) is 31.3 Å². The maximum atomic E-state index is 13.3. The van der Waals surface area contributed by atoms with Gasteiger partial charge in [0.05, 0.1) is 29.9 Å². The number of carbonyl (C=O) groups excluding carboxylic acids is 2. The van der Waals surface area contributed by atoms with Gasteiger partial charge in [0, 0.05) is 24.7 Å². The van der Waals surface area contributed by atoms with Crippen LogP contribution in [-0.2, 0) is 9.59 Å². The SMILES string of the molecule is N#C[C@@H]1C[C@@H]2C[C@@H]2N1C(=O)[C@@H](N)CN1CC2C[C@@H]1C(=O)N2c1ccccc1-c1nn[nH]n1. The highest BCUT2D eigenvalue weighted by Gasteiger charge is 2.56. The van der Waals surface area contributed by atoms with Crippen molar-refractivity contribution in [2.75, 3.05) is 18.0 Å². The Morgan fingerprint density at radius 3 is 2.91 bits per heavy atom. The van der Waals surface area contributed by atoms with Crippen LogP contribution >= 0.6 is 0 Å². The van der Waals surface area contributed by atoms with Crippen LogP contribution in [0.1, 0.15) is 19.3 Å². The van der Waals surface area contributed by atoms with Gasteiger partial charge in [0.15, 0.2) is 0 Å². The number of likely N-dealkylation sites (tertiary alicyclic amines) is 2.